The van der Waals surface area contributed by atoms with E-state index in [0.717, 1.165) is 5.56 Å². The van der Waals surface area contributed by atoms with E-state index < -0.39 is 5.97 Å². The van der Waals surface area contributed by atoms with Gasteiger partial charge in [-0.2, -0.15) is 0 Å². The van der Waals surface area contributed by atoms with Crippen molar-refractivity contribution >= 4 is 17.6 Å². The number of anilines is 1. The van der Waals surface area contributed by atoms with Crippen LogP contribution in [0.3, 0.4) is 0 Å². The molecule has 6 heteroatoms. The Labute approximate surface area is 124 Å². The molecule has 0 fully saturated rings. The summed E-state index contributed by atoms with van der Waals surface area (Å²) >= 11 is 0. The number of carbonyl (C=O) groups excluding carboxylic acids is 1. The van der Waals surface area contributed by atoms with E-state index in [2.05, 4.69) is 5.32 Å². The standard InChI is InChI=1S/C15H21NO5/c1-3-20-8-4-5-14(17)16-13-7-6-12(9-11(13)2)21-10-15(18)19/h6-7,9H,3-5,8,10H2,1-2H3,(H,16,17)(H,18,19). The van der Waals surface area contributed by atoms with Crippen LogP contribution >= 0.6 is 0 Å². The average Bonchev–Trinajstić information content (AvgIpc) is 2.44. The lowest BCUT2D eigenvalue weighted by molar-refractivity contribution is -0.139. The second kappa shape index (κ2) is 8.97. The summed E-state index contributed by atoms with van der Waals surface area (Å²) in [6.07, 6.45) is 1.08. The highest BCUT2D eigenvalue weighted by atomic mass is 16.5. The molecule has 1 aromatic carbocycles. The Balaban J connectivity index is 2.48. The predicted molar refractivity (Wildman–Crippen MR) is 78.7 cm³/mol. The third kappa shape index (κ3) is 6.76. The summed E-state index contributed by atoms with van der Waals surface area (Å²) in [5.41, 5.74) is 1.51. The van der Waals surface area contributed by atoms with Gasteiger partial charge >= 0.3 is 5.97 Å². The summed E-state index contributed by atoms with van der Waals surface area (Å²) < 4.78 is 10.2. The third-order valence-corrected chi connectivity index (χ3v) is 2.73. The number of carboxylic acid groups (broad SMARTS) is 1. The number of nitrogens with one attached hydrogen (secondary N) is 1. The van der Waals surface area contributed by atoms with E-state index >= 15 is 0 Å². The molecule has 6 nitrogen and oxygen atoms in total. The molecular weight excluding hydrogens is 274 g/mol. The van der Waals surface area contributed by atoms with Crippen molar-refractivity contribution in [3.05, 3.63) is 23.8 Å². The number of hydrogen-bond donors (Lipinski definition) is 2. The van der Waals surface area contributed by atoms with Gasteiger partial charge in [0.15, 0.2) is 6.61 Å². The summed E-state index contributed by atoms with van der Waals surface area (Å²) in [6.45, 7) is 4.58. The van der Waals surface area contributed by atoms with Gasteiger partial charge in [-0.05, 0) is 44.0 Å². The highest BCUT2D eigenvalue weighted by Crippen LogP contribution is 2.21. The number of benzene rings is 1. The van der Waals surface area contributed by atoms with Gasteiger partial charge < -0.3 is 19.9 Å². The molecule has 116 valence electrons. The van der Waals surface area contributed by atoms with E-state index in [1.807, 2.05) is 13.8 Å². The van der Waals surface area contributed by atoms with Crippen molar-refractivity contribution in [1.82, 2.24) is 0 Å². The van der Waals surface area contributed by atoms with Gasteiger partial charge in [0.2, 0.25) is 5.91 Å². The predicted octanol–water partition coefficient (Wildman–Crippen LogP) is 2.21. The van der Waals surface area contributed by atoms with E-state index in [0.29, 0.717) is 37.5 Å². The maximum atomic E-state index is 11.8. The molecule has 1 rings (SSSR count). The van der Waals surface area contributed by atoms with Crippen LogP contribution in [-0.2, 0) is 14.3 Å². The number of carbonyl (C=O) groups is 2. The van der Waals surface area contributed by atoms with E-state index in [-0.39, 0.29) is 12.5 Å². The van der Waals surface area contributed by atoms with Crippen molar-refractivity contribution in [2.24, 2.45) is 0 Å². The quantitative estimate of drug-likeness (QED) is 0.682. The molecule has 0 saturated carbocycles. The lowest BCUT2D eigenvalue weighted by Crippen LogP contribution is -2.13. The van der Waals surface area contributed by atoms with E-state index in [1.54, 1.807) is 18.2 Å². The smallest absolute Gasteiger partial charge is 0.341 e. The fraction of sp³-hybridized carbons (Fsp3) is 0.467. The minimum absolute atomic E-state index is 0.0722. The number of amides is 1. The number of ether oxygens (including phenoxy) is 2. The van der Waals surface area contributed by atoms with Crippen LogP contribution in [0.25, 0.3) is 0 Å². The molecule has 1 aromatic rings. The average molecular weight is 295 g/mol. The lowest BCUT2D eigenvalue weighted by atomic mass is 10.2. The van der Waals surface area contributed by atoms with E-state index in [4.69, 9.17) is 14.6 Å². The van der Waals surface area contributed by atoms with Crippen LogP contribution in [0.4, 0.5) is 5.69 Å². The van der Waals surface area contributed by atoms with Gasteiger partial charge in [0, 0.05) is 25.3 Å². The Hall–Kier alpha value is -2.08. The van der Waals surface area contributed by atoms with Gasteiger partial charge in [-0.25, -0.2) is 4.79 Å². The summed E-state index contributed by atoms with van der Waals surface area (Å²) in [4.78, 5) is 22.2. The zero-order chi connectivity index (χ0) is 15.7. The SMILES string of the molecule is CCOCCCC(=O)Nc1ccc(OCC(=O)O)cc1C. The molecule has 0 radical (unpaired) electrons. The van der Waals surface area contributed by atoms with Crippen molar-refractivity contribution in [2.45, 2.75) is 26.7 Å². The van der Waals surface area contributed by atoms with Crippen LogP contribution in [0.15, 0.2) is 18.2 Å². The molecule has 0 aliphatic rings. The van der Waals surface area contributed by atoms with E-state index in [9.17, 15) is 9.59 Å². The zero-order valence-electron chi connectivity index (χ0n) is 12.3. The van der Waals surface area contributed by atoms with Gasteiger partial charge in [-0.3, -0.25) is 4.79 Å². The summed E-state index contributed by atoms with van der Waals surface area (Å²) in [7, 11) is 0. The first kappa shape index (κ1) is 17.0. The number of aryl methyl sites for hydroxylation is 1. The molecule has 21 heavy (non-hydrogen) atoms. The number of rotatable bonds is 9. The van der Waals surface area contributed by atoms with Crippen molar-refractivity contribution in [2.75, 3.05) is 25.1 Å². The maximum absolute atomic E-state index is 11.8. The first-order valence-corrected chi connectivity index (χ1v) is 6.85. The van der Waals surface area contributed by atoms with Gasteiger partial charge in [-0.1, -0.05) is 0 Å². The number of aliphatic carboxylic acids is 1. The van der Waals surface area contributed by atoms with Gasteiger partial charge in [0.05, 0.1) is 0 Å². The molecule has 1 amide bonds. The molecule has 0 aromatic heterocycles. The molecule has 0 bridgehead atoms. The molecule has 0 atom stereocenters. The fourth-order valence-corrected chi connectivity index (χ4v) is 1.70. The van der Waals surface area contributed by atoms with Crippen molar-refractivity contribution in [3.63, 3.8) is 0 Å². The fourth-order valence-electron chi connectivity index (χ4n) is 1.70. The Morgan fingerprint density at radius 1 is 1.33 bits per heavy atom. The largest absolute Gasteiger partial charge is 0.482 e. The Morgan fingerprint density at radius 3 is 2.71 bits per heavy atom. The van der Waals surface area contributed by atoms with Crippen LogP contribution in [0.5, 0.6) is 5.75 Å². The Bertz CT molecular complexity index is 487. The Morgan fingerprint density at radius 2 is 2.10 bits per heavy atom. The first-order valence-electron chi connectivity index (χ1n) is 6.85. The second-order valence-electron chi connectivity index (χ2n) is 4.51. The molecule has 2 N–H and O–H groups in total. The molecule has 0 aliphatic heterocycles. The third-order valence-electron chi connectivity index (χ3n) is 2.73. The summed E-state index contributed by atoms with van der Waals surface area (Å²) in [5, 5.41) is 11.4. The van der Waals surface area contributed by atoms with Crippen LogP contribution in [0.2, 0.25) is 0 Å². The zero-order valence-corrected chi connectivity index (χ0v) is 12.3. The lowest BCUT2D eigenvalue weighted by Gasteiger charge is -2.10. The minimum atomic E-state index is -1.03. The molecule has 0 spiro atoms. The van der Waals surface area contributed by atoms with Crippen molar-refractivity contribution in [3.8, 4) is 5.75 Å². The van der Waals surface area contributed by atoms with Gasteiger partial charge in [0.1, 0.15) is 5.75 Å². The van der Waals surface area contributed by atoms with Crippen molar-refractivity contribution < 1.29 is 24.2 Å². The summed E-state index contributed by atoms with van der Waals surface area (Å²) in [5.74, 6) is -0.638. The monoisotopic (exact) mass is 295 g/mol. The van der Waals surface area contributed by atoms with Crippen molar-refractivity contribution in [1.29, 1.82) is 0 Å². The normalized spacial score (nSPS) is 10.2. The first-order chi connectivity index (χ1) is 10.0. The molecular formula is C15H21NO5. The molecule has 0 aliphatic carbocycles. The van der Waals surface area contributed by atoms with Crippen LogP contribution in [0, 0.1) is 6.92 Å². The summed E-state index contributed by atoms with van der Waals surface area (Å²) in [6, 6.07) is 5.03. The Kier molecular flexibility index (Phi) is 7.25. The minimum Gasteiger partial charge on any atom is -0.482 e. The number of carboxylic acids is 1. The van der Waals surface area contributed by atoms with E-state index in [1.165, 1.54) is 0 Å². The highest BCUT2D eigenvalue weighted by Gasteiger charge is 2.07. The van der Waals surface area contributed by atoms with Gasteiger partial charge in [-0.15, -0.1) is 0 Å². The van der Waals surface area contributed by atoms with Crippen LogP contribution in [-0.4, -0.2) is 36.8 Å². The van der Waals surface area contributed by atoms with Crippen LogP contribution in [0.1, 0.15) is 25.3 Å². The topological polar surface area (TPSA) is 84.9 Å². The van der Waals surface area contributed by atoms with Gasteiger partial charge in [0.25, 0.3) is 0 Å². The molecule has 0 saturated heterocycles. The maximum Gasteiger partial charge on any atom is 0.341 e. The molecule has 0 unspecified atom stereocenters. The highest BCUT2D eigenvalue weighted by molar-refractivity contribution is 5.91. The van der Waals surface area contributed by atoms with Crippen LogP contribution < -0.4 is 10.1 Å². The molecule has 0 heterocycles. The second-order valence-corrected chi connectivity index (χ2v) is 4.51. The number of hydrogen-bond acceptors (Lipinski definition) is 4.